The van der Waals surface area contributed by atoms with Crippen molar-refractivity contribution < 1.29 is 24.7 Å². The molecule has 0 radical (unpaired) electrons. The molecule has 1 atom stereocenters. The predicted octanol–water partition coefficient (Wildman–Crippen LogP) is 3.40. The molecule has 0 spiro atoms. The standard InChI is InChI=1S/C18H18N2O6S/c1-11-2-4-12(5-3-11)9-27-10-15(18(23)24)19-14-7-6-13(17(21)22)8-16(14)20(25)26/h2-8,15,19H,9-10H2,1H3,(H,21,22)(H,23,24)/t15-/m0/s1. The van der Waals surface area contributed by atoms with Gasteiger partial charge in [-0.1, -0.05) is 29.8 Å². The van der Waals surface area contributed by atoms with E-state index in [1.807, 2.05) is 31.2 Å². The number of hydrogen-bond acceptors (Lipinski definition) is 6. The maximum atomic E-state index is 11.5. The van der Waals surface area contributed by atoms with Gasteiger partial charge in [0.2, 0.25) is 0 Å². The van der Waals surface area contributed by atoms with Crippen LogP contribution in [0.1, 0.15) is 21.5 Å². The fraction of sp³-hybridized carbons (Fsp3) is 0.222. The van der Waals surface area contributed by atoms with Crippen LogP contribution in [-0.2, 0) is 10.5 Å². The van der Waals surface area contributed by atoms with E-state index >= 15 is 0 Å². The zero-order valence-electron chi connectivity index (χ0n) is 14.4. The number of nitrogens with one attached hydrogen (secondary N) is 1. The fourth-order valence-electron chi connectivity index (χ4n) is 2.28. The number of aromatic carboxylic acids is 1. The molecule has 2 aromatic carbocycles. The summed E-state index contributed by atoms with van der Waals surface area (Å²) in [5.74, 6) is -1.66. The number of rotatable bonds is 9. The van der Waals surface area contributed by atoms with E-state index < -0.39 is 28.6 Å². The van der Waals surface area contributed by atoms with E-state index in [0.29, 0.717) is 5.75 Å². The number of nitrogens with zero attached hydrogens (tertiary/aromatic N) is 1. The first-order valence-electron chi connectivity index (χ1n) is 7.92. The highest BCUT2D eigenvalue weighted by Crippen LogP contribution is 2.27. The first-order chi connectivity index (χ1) is 12.8. The molecule has 0 aromatic heterocycles. The lowest BCUT2D eigenvalue weighted by molar-refractivity contribution is -0.384. The van der Waals surface area contributed by atoms with Crippen LogP contribution in [0.5, 0.6) is 0 Å². The Morgan fingerprint density at radius 2 is 1.85 bits per heavy atom. The smallest absolute Gasteiger partial charge is 0.335 e. The second-order valence-corrected chi connectivity index (χ2v) is 6.86. The van der Waals surface area contributed by atoms with Crippen LogP contribution in [0.3, 0.4) is 0 Å². The molecule has 3 N–H and O–H groups in total. The second-order valence-electron chi connectivity index (χ2n) is 5.83. The molecule has 0 aliphatic carbocycles. The quantitative estimate of drug-likeness (QED) is 0.439. The Kier molecular flexibility index (Phi) is 6.78. The number of carboxylic acid groups (broad SMARTS) is 2. The van der Waals surface area contributed by atoms with Crippen LogP contribution in [-0.4, -0.2) is 38.9 Å². The van der Waals surface area contributed by atoms with Gasteiger partial charge in [0, 0.05) is 17.6 Å². The molecule has 9 heteroatoms. The molecular weight excluding hydrogens is 372 g/mol. The Hall–Kier alpha value is -3.07. The summed E-state index contributed by atoms with van der Waals surface area (Å²) < 4.78 is 0. The third-order valence-electron chi connectivity index (χ3n) is 3.74. The van der Waals surface area contributed by atoms with Crippen molar-refractivity contribution in [1.29, 1.82) is 0 Å². The molecule has 0 fully saturated rings. The van der Waals surface area contributed by atoms with Crippen LogP contribution in [0.25, 0.3) is 0 Å². The van der Waals surface area contributed by atoms with Crippen LogP contribution < -0.4 is 5.32 Å². The zero-order valence-corrected chi connectivity index (χ0v) is 15.2. The second kappa shape index (κ2) is 9.04. The van der Waals surface area contributed by atoms with Gasteiger partial charge in [0.05, 0.1) is 10.5 Å². The topological polar surface area (TPSA) is 130 Å². The monoisotopic (exact) mass is 390 g/mol. The lowest BCUT2D eigenvalue weighted by atomic mass is 10.1. The first kappa shape index (κ1) is 20.2. The van der Waals surface area contributed by atoms with E-state index in [1.165, 1.54) is 23.9 Å². The number of carboxylic acids is 2. The van der Waals surface area contributed by atoms with Gasteiger partial charge in [0.1, 0.15) is 11.7 Å². The largest absolute Gasteiger partial charge is 0.480 e. The molecule has 27 heavy (non-hydrogen) atoms. The van der Waals surface area contributed by atoms with Crippen LogP contribution >= 0.6 is 11.8 Å². The van der Waals surface area contributed by atoms with Gasteiger partial charge in [-0.3, -0.25) is 10.1 Å². The van der Waals surface area contributed by atoms with Gasteiger partial charge in [0.25, 0.3) is 5.69 Å². The Morgan fingerprint density at radius 3 is 2.41 bits per heavy atom. The number of benzene rings is 2. The number of aryl methyl sites for hydroxylation is 1. The number of aliphatic carboxylic acids is 1. The lowest BCUT2D eigenvalue weighted by Crippen LogP contribution is -2.32. The minimum Gasteiger partial charge on any atom is -0.480 e. The van der Waals surface area contributed by atoms with Gasteiger partial charge < -0.3 is 15.5 Å². The zero-order chi connectivity index (χ0) is 20.0. The summed E-state index contributed by atoms with van der Waals surface area (Å²) in [5.41, 5.74) is 1.42. The summed E-state index contributed by atoms with van der Waals surface area (Å²) in [6.07, 6.45) is 0. The Labute approximate surface area is 159 Å². The van der Waals surface area contributed by atoms with Gasteiger partial charge in [-0.15, -0.1) is 0 Å². The average Bonchev–Trinajstić information content (AvgIpc) is 2.62. The number of anilines is 1. The van der Waals surface area contributed by atoms with Crippen molar-refractivity contribution in [2.24, 2.45) is 0 Å². The summed E-state index contributed by atoms with van der Waals surface area (Å²) in [6.45, 7) is 1.98. The summed E-state index contributed by atoms with van der Waals surface area (Å²) in [4.78, 5) is 32.9. The summed E-state index contributed by atoms with van der Waals surface area (Å²) in [6, 6.07) is 10.1. The molecule has 0 heterocycles. The molecule has 0 saturated heterocycles. The number of hydrogen-bond donors (Lipinski definition) is 3. The van der Waals surface area contributed by atoms with Crippen molar-refractivity contribution in [2.45, 2.75) is 18.7 Å². The van der Waals surface area contributed by atoms with Crippen molar-refractivity contribution in [2.75, 3.05) is 11.1 Å². The van der Waals surface area contributed by atoms with E-state index in [1.54, 1.807) is 0 Å². The Morgan fingerprint density at radius 1 is 1.19 bits per heavy atom. The van der Waals surface area contributed by atoms with Gasteiger partial charge in [-0.05, 0) is 24.6 Å². The highest BCUT2D eigenvalue weighted by atomic mass is 32.2. The molecule has 0 amide bonds. The molecule has 0 unspecified atom stereocenters. The molecule has 8 nitrogen and oxygen atoms in total. The molecule has 0 saturated carbocycles. The van der Waals surface area contributed by atoms with Crippen molar-refractivity contribution >= 4 is 35.1 Å². The van der Waals surface area contributed by atoms with Crippen molar-refractivity contribution in [3.63, 3.8) is 0 Å². The molecule has 0 aliphatic heterocycles. The molecule has 2 aromatic rings. The maximum absolute atomic E-state index is 11.5. The molecular formula is C18H18N2O6S. The highest BCUT2D eigenvalue weighted by Gasteiger charge is 2.23. The van der Waals surface area contributed by atoms with Crippen LogP contribution in [0.2, 0.25) is 0 Å². The molecule has 0 aliphatic rings. The molecule has 2 rings (SSSR count). The van der Waals surface area contributed by atoms with Gasteiger partial charge in [-0.2, -0.15) is 11.8 Å². The van der Waals surface area contributed by atoms with Gasteiger partial charge in [-0.25, -0.2) is 9.59 Å². The van der Waals surface area contributed by atoms with Crippen LogP contribution in [0.15, 0.2) is 42.5 Å². The minimum atomic E-state index is -1.30. The number of nitro benzene ring substituents is 1. The third-order valence-corrected chi connectivity index (χ3v) is 4.85. The number of carbonyl (C=O) groups is 2. The van der Waals surface area contributed by atoms with Gasteiger partial charge in [0.15, 0.2) is 0 Å². The van der Waals surface area contributed by atoms with E-state index in [4.69, 9.17) is 5.11 Å². The fourth-order valence-corrected chi connectivity index (χ4v) is 3.29. The van der Waals surface area contributed by atoms with E-state index in [9.17, 15) is 24.8 Å². The minimum absolute atomic E-state index is 0.0339. The van der Waals surface area contributed by atoms with Crippen LogP contribution in [0, 0.1) is 17.0 Å². The van der Waals surface area contributed by atoms with E-state index in [2.05, 4.69) is 5.32 Å². The van der Waals surface area contributed by atoms with Crippen molar-refractivity contribution in [3.05, 3.63) is 69.3 Å². The first-order valence-corrected chi connectivity index (χ1v) is 9.07. The third kappa shape index (κ3) is 5.71. The Balaban J connectivity index is 2.09. The SMILES string of the molecule is Cc1ccc(CSC[C@H](Nc2ccc(C(=O)O)cc2[N+](=O)[O-])C(=O)O)cc1. The Bertz CT molecular complexity index is 853. The average molecular weight is 390 g/mol. The molecule has 142 valence electrons. The summed E-state index contributed by atoms with van der Waals surface area (Å²) >= 11 is 1.38. The molecule has 0 bridgehead atoms. The van der Waals surface area contributed by atoms with Crippen molar-refractivity contribution in [1.82, 2.24) is 0 Å². The summed E-state index contributed by atoms with van der Waals surface area (Å²) in [5, 5.41) is 32.2. The lowest BCUT2D eigenvalue weighted by Gasteiger charge is -2.16. The van der Waals surface area contributed by atoms with E-state index in [0.717, 1.165) is 17.2 Å². The van der Waals surface area contributed by atoms with Gasteiger partial charge >= 0.3 is 11.9 Å². The normalized spacial score (nSPS) is 11.6. The maximum Gasteiger partial charge on any atom is 0.335 e. The van der Waals surface area contributed by atoms with Crippen LogP contribution in [0.4, 0.5) is 11.4 Å². The number of nitro groups is 1. The van der Waals surface area contributed by atoms with Crippen molar-refractivity contribution in [3.8, 4) is 0 Å². The van der Waals surface area contributed by atoms with E-state index in [-0.39, 0.29) is 17.0 Å². The number of thioether (sulfide) groups is 1. The highest BCUT2D eigenvalue weighted by molar-refractivity contribution is 7.98. The summed E-state index contributed by atoms with van der Waals surface area (Å²) in [7, 11) is 0. The predicted molar refractivity (Wildman–Crippen MR) is 102 cm³/mol.